The van der Waals surface area contributed by atoms with Crippen LogP contribution in [0.2, 0.25) is 0 Å². The van der Waals surface area contributed by atoms with Crippen LogP contribution in [-0.2, 0) is 6.42 Å². The van der Waals surface area contributed by atoms with Gasteiger partial charge in [-0.3, -0.25) is 0 Å². The van der Waals surface area contributed by atoms with E-state index in [0.717, 1.165) is 30.9 Å². The lowest BCUT2D eigenvalue weighted by Crippen LogP contribution is -2.22. The zero-order chi connectivity index (χ0) is 14.4. The third-order valence-electron chi connectivity index (χ3n) is 3.47. The summed E-state index contributed by atoms with van der Waals surface area (Å²) in [6.07, 6.45) is 3.42. The minimum Gasteiger partial charge on any atom is -0.464 e. The summed E-state index contributed by atoms with van der Waals surface area (Å²) in [4.78, 5) is 0. The molecule has 0 amide bonds. The third-order valence-corrected chi connectivity index (χ3v) is 3.47. The molecule has 0 spiro atoms. The molecule has 0 bridgehead atoms. The number of benzene rings is 1. The van der Waals surface area contributed by atoms with Crippen LogP contribution in [0.3, 0.4) is 0 Å². The van der Waals surface area contributed by atoms with Crippen LogP contribution in [0.1, 0.15) is 55.4 Å². The average Bonchev–Trinajstić information content (AvgIpc) is 2.87. The molecule has 108 valence electrons. The van der Waals surface area contributed by atoms with Gasteiger partial charge in [-0.2, -0.15) is 0 Å². The molecular weight excluding hydrogens is 246 g/mol. The summed E-state index contributed by atoms with van der Waals surface area (Å²) in [6, 6.07) is 13.1. The maximum absolute atomic E-state index is 5.83. The molecule has 0 radical (unpaired) electrons. The molecule has 1 atom stereocenters. The number of nitrogens with one attached hydrogen (secondary N) is 1. The second-order valence-corrected chi connectivity index (χ2v) is 5.33. The predicted molar refractivity (Wildman–Crippen MR) is 84.0 cm³/mol. The van der Waals surface area contributed by atoms with Crippen LogP contribution in [0.25, 0.3) is 0 Å². The molecule has 2 heteroatoms. The number of furan rings is 1. The Balaban J connectivity index is 2.28. The van der Waals surface area contributed by atoms with Gasteiger partial charge in [-0.25, -0.2) is 0 Å². The highest BCUT2D eigenvalue weighted by atomic mass is 16.3. The molecule has 2 nitrogen and oxygen atoms in total. The quantitative estimate of drug-likeness (QED) is 0.794. The standard InChI is InChI=1S/C18H25NO/c1-4-7-15-8-6-9-16(13-15)18(19-12-5-2)17-11-10-14(3)20-17/h6,8-11,13,18-19H,4-5,7,12H2,1-3H3. The molecule has 1 aromatic heterocycles. The summed E-state index contributed by atoms with van der Waals surface area (Å²) >= 11 is 0. The molecule has 2 aromatic rings. The fourth-order valence-corrected chi connectivity index (χ4v) is 2.50. The topological polar surface area (TPSA) is 25.2 Å². The van der Waals surface area contributed by atoms with E-state index in [1.165, 1.54) is 17.5 Å². The first-order chi connectivity index (χ1) is 9.74. The molecule has 0 aliphatic heterocycles. The number of hydrogen-bond donors (Lipinski definition) is 1. The SMILES string of the molecule is CCCNC(c1cccc(CCC)c1)c1ccc(C)o1. The lowest BCUT2D eigenvalue weighted by Gasteiger charge is -2.17. The highest BCUT2D eigenvalue weighted by Crippen LogP contribution is 2.25. The molecular formula is C18H25NO. The van der Waals surface area contributed by atoms with Crippen LogP contribution >= 0.6 is 0 Å². The van der Waals surface area contributed by atoms with E-state index in [-0.39, 0.29) is 6.04 Å². The number of rotatable bonds is 7. The Morgan fingerprint density at radius 2 is 1.95 bits per heavy atom. The number of hydrogen-bond acceptors (Lipinski definition) is 2. The second-order valence-electron chi connectivity index (χ2n) is 5.33. The van der Waals surface area contributed by atoms with Gasteiger partial charge in [0.15, 0.2) is 0 Å². The van der Waals surface area contributed by atoms with Crippen LogP contribution in [0.4, 0.5) is 0 Å². The van der Waals surface area contributed by atoms with E-state index in [9.17, 15) is 0 Å². The van der Waals surface area contributed by atoms with E-state index < -0.39 is 0 Å². The molecule has 1 aromatic carbocycles. The van der Waals surface area contributed by atoms with Gasteiger partial charge in [0.1, 0.15) is 11.5 Å². The first kappa shape index (κ1) is 14.9. The van der Waals surface area contributed by atoms with Crippen molar-refractivity contribution in [3.8, 4) is 0 Å². The fourth-order valence-electron chi connectivity index (χ4n) is 2.50. The van der Waals surface area contributed by atoms with Crippen molar-refractivity contribution in [3.63, 3.8) is 0 Å². The Morgan fingerprint density at radius 3 is 2.60 bits per heavy atom. The summed E-state index contributed by atoms with van der Waals surface area (Å²) in [5, 5.41) is 3.59. The van der Waals surface area contributed by atoms with Crippen LogP contribution < -0.4 is 5.32 Å². The Morgan fingerprint density at radius 1 is 1.10 bits per heavy atom. The van der Waals surface area contributed by atoms with Crippen molar-refractivity contribution in [1.29, 1.82) is 0 Å². The van der Waals surface area contributed by atoms with E-state index in [0.29, 0.717) is 0 Å². The van der Waals surface area contributed by atoms with Crippen LogP contribution in [0.5, 0.6) is 0 Å². The highest BCUT2D eigenvalue weighted by Gasteiger charge is 2.16. The molecule has 0 aliphatic carbocycles. The molecule has 0 saturated carbocycles. The van der Waals surface area contributed by atoms with Gasteiger partial charge in [-0.15, -0.1) is 0 Å². The summed E-state index contributed by atoms with van der Waals surface area (Å²) in [7, 11) is 0. The van der Waals surface area contributed by atoms with Crippen molar-refractivity contribution in [1.82, 2.24) is 5.32 Å². The van der Waals surface area contributed by atoms with E-state index in [1.807, 2.05) is 13.0 Å². The van der Waals surface area contributed by atoms with Crippen molar-refractivity contribution in [2.45, 2.75) is 46.1 Å². The molecule has 0 fully saturated rings. The minimum atomic E-state index is 0.153. The zero-order valence-electron chi connectivity index (χ0n) is 12.8. The maximum atomic E-state index is 5.83. The molecule has 1 unspecified atom stereocenters. The monoisotopic (exact) mass is 271 g/mol. The van der Waals surface area contributed by atoms with Crippen LogP contribution in [0, 0.1) is 6.92 Å². The van der Waals surface area contributed by atoms with Gasteiger partial charge in [0.2, 0.25) is 0 Å². The molecule has 2 rings (SSSR count). The van der Waals surface area contributed by atoms with Gasteiger partial charge in [0, 0.05) is 0 Å². The van der Waals surface area contributed by atoms with E-state index in [2.05, 4.69) is 49.5 Å². The molecule has 0 aliphatic rings. The Hall–Kier alpha value is -1.54. The first-order valence-corrected chi connectivity index (χ1v) is 7.63. The van der Waals surface area contributed by atoms with Crippen molar-refractivity contribution >= 4 is 0 Å². The normalized spacial score (nSPS) is 12.6. The predicted octanol–water partition coefficient (Wildman–Crippen LogP) is 4.63. The van der Waals surface area contributed by atoms with Gasteiger partial charge in [0.25, 0.3) is 0 Å². The van der Waals surface area contributed by atoms with Crippen LogP contribution in [-0.4, -0.2) is 6.54 Å². The first-order valence-electron chi connectivity index (χ1n) is 7.63. The lowest BCUT2D eigenvalue weighted by molar-refractivity contribution is 0.430. The van der Waals surface area contributed by atoms with Gasteiger partial charge in [0.05, 0.1) is 6.04 Å². The summed E-state index contributed by atoms with van der Waals surface area (Å²) in [6.45, 7) is 7.39. The summed E-state index contributed by atoms with van der Waals surface area (Å²) in [5.74, 6) is 1.97. The van der Waals surface area contributed by atoms with Gasteiger partial charge < -0.3 is 9.73 Å². The maximum Gasteiger partial charge on any atom is 0.125 e. The average molecular weight is 271 g/mol. The molecule has 1 N–H and O–H groups in total. The Bertz CT molecular complexity index is 530. The third kappa shape index (κ3) is 3.73. The van der Waals surface area contributed by atoms with Crippen LogP contribution in [0.15, 0.2) is 40.8 Å². The molecule has 1 heterocycles. The van der Waals surface area contributed by atoms with E-state index in [1.54, 1.807) is 0 Å². The Labute approximate surface area is 122 Å². The zero-order valence-corrected chi connectivity index (χ0v) is 12.8. The molecule has 0 saturated heterocycles. The van der Waals surface area contributed by atoms with Gasteiger partial charge >= 0.3 is 0 Å². The fraction of sp³-hybridized carbons (Fsp3) is 0.444. The largest absolute Gasteiger partial charge is 0.464 e. The van der Waals surface area contributed by atoms with E-state index in [4.69, 9.17) is 4.42 Å². The lowest BCUT2D eigenvalue weighted by atomic mass is 10.00. The van der Waals surface area contributed by atoms with Gasteiger partial charge in [-0.05, 0) is 49.6 Å². The highest BCUT2D eigenvalue weighted by molar-refractivity contribution is 5.31. The number of aryl methyl sites for hydroxylation is 2. The van der Waals surface area contributed by atoms with E-state index >= 15 is 0 Å². The van der Waals surface area contributed by atoms with Crippen molar-refractivity contribution in [2.24, 2.45) is 0 Å². The minimum absolute atomic E-state index is 0.153. The summed E-state index contributed by atoms with van der Waals surface area (Å²) in [5.41, 5.74) is 2.69. The summed E-state index contributed by atoms with van der Waals surface area (Å²) < 4.78 is 5.83. The van der Waals surface area contributed by atoms with Crippen molar-refractivity contribution < 1.29 is 4.42 Å². The Kier molecular flexibility index (Phi) is 5.42. The van der Waals surface area contributed by atoms with Crippen molar-refractivity contribution in [3.05, 3.63) is 59.0 Å². The second kappa shape index (κ2) is 7.30. The van der Waals surface area contributed by atoms with Gasteiger partial charge in [-0.1, -0.05) is 44.5 Å². The smallest absolute Gasteiger partial charge is 0.125 e. The molecule has 20 heavy (non-hydrogen) atoms. The van der Waals surface area contributed by atoms with Crippen molar-refractivity contribution in [2.75, 3.05) is 6.54 Å².